The molecular formula is C22H19ClN4O4. The van der Waals surface area contributed by atoms with Gasteiger partial charge in [-0.2, -0.15) is 4.98 Å². The van der Waals surface area contributed by atoms with Gasteiger partial charge in [0.25, 0.3) is 5.69 Å². The van der Waals surface area contributed by atoms with E-state index in [1.807, 2.05) is 12.1 Å². The largest absolute Gasteiger partial charge is 0.339 e. The van der Waals surface area contributed by atoms with Crippen LogP contribution in [-0.2, 0) is 4.79 Å². The van der Waals surface area contributed by atoms with Gasteiger partial charge in [0, 0.05) is 41.9 Å². The number of hydrogen-bond donors (Lipinski definition) is 0. The maximum atomic E-state index is 12.6. The molecule has 8 nitrogen and oxygen atoms in total. The smallest absolute Gasteiger partial charge is 0.269 e. The highest BCUT2D eigenvalue weighted by Crippen LogP contribution is 2.28. The highest BCUT2D eigenvalue weighted by atomic mass is 35.5. The van der Waals surface area contributed by atoms with E-state index in [1.165, 1.54) is 18.2 Å². The van der Waals surface area contributed by atoms with E-state index < -0.39 is 4.92 Å². The quantitative estimate of drug-likeness (QED) is 0.324. The fourth-order valence-electron chi connectivity index (χ4n) is 3.50. The van der Waals surface area contributed by atoms with Gasteiger partial charge in [-0.3, -0.25) is 14.9 Å². The number of piperidine rings is 1. The second kappa shape index (κ2) is 9.09. The number of nitro groups is 1. The van der Waals surface area contributed by atoms with Gasteiger partial charge in [0.2, 0.25) is 17.6 Å². The first-order valence-electron chi connectivity index (χ1n) is 9.80. The molecular weight excluding hydrogens is 420 g/mol. The number of carbonyl (C=O) groups excluding carboxylic acids is 1. The molecule has 31 heavy (non-hydrogen) atoms. The van der Waals surface area contributed by atoms with Crippen LogP contribution in [0.25, 0.3) is 17.5 Å². The molecule has 0 bridgehead atoms. The van der Waals surface area contributed by atoms with Gasteiger partial charge in [0.05, 0.1) is 10.8 Å². The van der Waals surface area contributed by atoms with Crippen molar-refractivity contribution < 1.29 is 14.2 Å². The Morgan fingerprint density at radius 2 is 2.06 bits per heavy atom. The Bertz CT molecular complexity index is 1130. The van der Waals surface area contributed by atoms with E-state index in [0.29, 0.717) is 29.8 Å². The minimum Gasteiger partial charge on any atom is -0.339 e. The molecule has 3 aromatic rings. The van der Waals surface area contributed by atoms with E-state index in [-0.39, 0.29) is 17.5 Å². The number of benzene rings is 2. The molecule has 1 aliphatic rings. The lowest BCUT2D eigenvalue weighted by Crippen LogP contribution is -2.38. The fourth-order valence-corrected chi connectivity index (χ4v) is 3.70. The van der Waals surface area contributed by atoms with Gasteiger partial charge in [0.15, 0.2) is 0 Å². The van der Waals surface area contributed by atoms with Gasteiger partial charge in [-0.1, -0.05) is 28.9 Å². The first-order chi connectivity index (χ1) is 15.0. The predicted octanol–water partition coefficient (Wildman–Crippen LogP) is 4.72. The van der Waals surface area contributed by atoms with Crippen LogP contribution in [0.5, 0.6) is 0 Å². The summed E-state index contributed by atoms with van der Waals surface area (Å²) in [5, 5.41) is 15.4. The molecule has 1 atom stereocenters. The summed E-state index contributed by atoms with van der Waals surface area (Å²) in [7, 11) is 0. The number of nitrogens with zero attached hydrogens (tertiary/aromatic N) is 4. The molecule has 1 aliphatic heterocycles. The Morgan fingerprint density at radius 3 is 2.81 bits per heavy atom. The third-order valence-corrected chi connectivity index (χ3v) is 5.36. The van der Waals surface area contributed by atoms with Crippen molar-refractivity contribution in [2.75, 3.05) is 13.1 Å². The molecule has 9 heteroatoms. The lowest BCUT2D eigenvalue weighted by atomic mass is 9.98. The average molecular weight is 439 g/mol. The monoisotopic (exact) mass is 438 g/mol. The van der Waals surface area contributed by atoms with Crippen molar-refractivity contribution in [3.8, 4) is 11.4 Å². The van der Waals surface area contributed by atoms with E-state index in [0.717, 1.165) is 24.0 Å². The van der Waals surface area contributed by atoms with Crippen LogP contribution in [0, 0.1) is 10.1 Å². The molecule has 4 rings (SSSR count). The molecule has 1 fully saturated rings. The third-order valence-electron chi connectivity index (χ3n) is 5.13. The summed E-state index contributed by atoms with van der Waals surface area (Å²) in [5.74, 6) is 0.814. The Hall–Kier alpha value is -3.52. The first kappa shape index (κ1) is 20.7. The topological polar surface area (TPSA) is 102 Å². The summed E-state index contributed by atoms with van der Waals surface area (Å²) in [4.78, 5) is 29.2. The third kappa shape index (κ3) is 4.97. The number of likely N-dealkylation sites (tertiary alicyclic amines) is 1. The van der Waals surface area contributed by atoms with Crippen LogP contribution in [0.3, 0.4) is 0 Å². The maximum Gasteiger partial charge on any atom is 0.269 e. The van der Waals surface area contributed by atoms with Crippen LogP contribution in [0.1, 0.15) is 30.2 Å². The molecule has 1 unspecified atom stereocenters. The highest BCUT2D eigenvalue weighted by Gasteiger charge is 2.28. The Kier molecular flexibility index (Phi) is 6.08. The molecule has 0 aliphatic carbocycles. The molecule has 0 N–H and O–H groups in total. The van der Waals surface area contributed by atoms with Crippen molar-refractivity contribution in [1.29, 1.82) is 0 Å². The van der Waals surface area contributed by atoms with Crippen LogP contribution in [0.4, 0.5) is 5.69 Å². The second-order valence-electron chi connectivity index (χ2n) is 7.27. The summed E-state index contributed by atoms with van der Waals surface area (Å²) in [5.41, 5.74) is 1.51. The number of carbonyl (C=O) groups is 1. The molecule has 1 aromatic heterocycles. The number of nitro benzene ring substituents is 1. The van der Waals surface area contributed by atoms with Gasteiger partial charge in [-0.25, -0.2) is 0 Å². The van der Waals surface area contributed by atoms with Crippen molar-refractivity contribution >= 4 is 29.3 Å². The van der Waals surface area contributed by atoms with Gasteiger partial charge < -0.3 is 9.42 Å². The van der Waals surface area contributed by atoms with Crippen molar-refractivity contribution in [2.24, 2.45) is 0 Å². The predicted molar refractivity (Wildman–Crippen MR) is 115 cm³/mol. The number of amides is 1. The van der Waals surface area contributed by atoms with Crippen LogP contribution in [0.2, 0.25) is 5.02 Å². The Balaban J connectivity index is 1.41. The molecule has 0 saturated carbocycles. The zero-order chi connectivity index (χ0) is 21.8. The summed E-state index contributed by atoms with van der Waals surface area (Å²) in [6.45, 7) is 1.13. The standard InChI is InChI=1S/C22H19ClN4O4/c23-18-5-1-3-16(13-18)21-24-22(31-25-21)17-4-2-12-26(14-17)20(28)11-8-15-6-9-19(10-7-15)27(29)30/h1,3,5-11,13,17H,2,4,12,14H2/b11-8+. The van der Waals surface area contributed by atoms with Crippen molar-refractivity contribution in [3.63, 3.8) is 0 Å². The Morgan fingerprint density at radius 1 is 1.26 bits per heavy atom. The van der Waals surface area contributed by atoms with Crippen LogP contribution in [0.15, 0.2) is 59.1 Å². The summed E-state index contributed by atoms with van der Waals surface area (Å²) >= 11 is 6.03. The van der Waals surface area contributed by atoms with E-state index in [9.17, 15) is 14.9 Å². The molecule has 2 aromatic carbocycles. The fraction of sp³-hybridized carbons (Fsp3) is 0.227. The number of non-ortho nitro benzene ring substituents is 1. The molecule has 0 radical (unpaired) electrons. The molecule has 1 amide bonds. The molecule has 2 heterocycles. The van der Waals surface area contributed by atoms with E-state index in [2.05, 4.69) is 10.1 Å². The zero-order valence-corrected chi connectivity index (χ0v) is 17.2. The summed E-state index contributed by atoms with van der Waals surface area (Å²) < 4.78 is 5.47. The average Bonchev–Trinajstić information content (AvgIpc) is 3.28. The summed E-state index contributed by atoms with van der Waals surface area (Å²) in [6.07, 6.45) is 4.82. The number of rotatable bonds is 5. The first-order valence-corrected chi connectivity index (χ1v) is 10.2. The van der Waals surface area contributed by atoms with Crippen LogP contribution < -0.4 is 0 Å². The Labute approximate surface area is 183 Å². The van der Waals surface area contributed by atoms with Crippen molar-refractivity contribution in [2.45, 2.75) is 18.8 Å². The van der Waals surface area contributed by atoms with Gasteiger partial charge in [0.1, 0.15) is 0 Å². The molecule has 0 spiro atoms. The number of aromatic nitrogens is 2. The minimum atomic E-state index is -0.456. The molecule has 1 saturated heterocycles. The van der Waals surface area contributed by atoms with Crippen LogP contribution >= 0.6 is 11.6 Å². The van der Waals surface area contributed by atoms with E-state index in [4.69, 9.17) is 16.1 Å². The van der Waals surface area contributed by atoms with Crippen molar-refractivity contribution in [3.05, 3.63) is 81.2 Å². The van der Waals surface area contributed by atoms with Crippen molar-refractivity contribution in [1.82, 2.24) is 15.0 Å². The normalized spacial score (nSPS) is 16.5. The summed E-state index contributed by atoms with van der Waals surface area (Å²) in [6, 6.07) is 13.3. The lowest BCUT2D eigenvalue weighted by Gasteiger charge is -2.30. The maximum absolute atomic E-state index is 12.6. The van der Waals surface area contributed by atoms with E-state index in [1.54, 1.807) is 35.2 Å². The molecule has 158 valence electrons. The zero-order valence-electron chi connectivity index (χ0n) is 16.5. The van der Waals surface area contributed by atoms with Gasteiger partial charge in [-0.05, 0) is 48.7 Å². The number of halogens is 1. The second-order valence-corrected chi connectivity index (χ2v) is 7.71. The van der Waals surface area contributed by atoms with Crippen LogP contribution in [-0.4, -0.2) is 39.0 Å². The van der Waals surface area contributed by atoms with Gasteiger partial charge >= 0.3 is 0 Å². The van der Waals surface area contributed by atoms with E-state index >= 15 is 0 Å². The SMILES string of the molecule is O=C(/C=C/c1ccc([N+](=O)[O-])cc1)N1CCCC(c2nc(-c3cccc(Cl)c3)no2)C1. The number of hydrogen-bond acceptors (Lipinski definition) is 6. The van der Waals surface area contributed by atoms with Gasteiger partial charge in [-0.15, -0.1) is 0 Å². The minimum absolute atomic E-state index is 0.0130. The lowest BCUT2D eigenvalue weighted by molar-refractivity contribution is -0.384. The highest BCUT2D eigenvalue weighted by molar-refractivity contribution is 6.30.